The van der Waals surface area contributed by atoms with Gasteiger partial charge in [0.2, 0.25) is 0 Å². The van der Waals surface area contributed by atoms with Crippen molar-refractivity contribution < 1.29 is 13.2 Å². The highest BCUT2D eigenvalue weighted by atomic mass is 19.2. The highest BCUT2D eigenvalue weighted by Gasteiger charge is 2.23. The van der Waals surface area contributed by atoms with Gasteiger partial charge in [0.1, 0.15) is 0 Å². The maximum atomic E-state index is 15.2. The summed E-state index contributed by atoms with van der Waals surface area (Å²) < 4.78 is 46.0. The second-order valence-corrected chi connectivity index (χ2v) is 12.9. The monoisotopic (exact) mass is 664 g/mol. The van der Waals surface area contributed by atoms with Crippen molar-refractivity contribution in [3.8, 4) is 16.8 Å². The molecule has 0 amide bonds. The van der Waals surface area contributed by atoms with Crippen molar-refractivity contribution in [1.29, 1.82) is 0 Å². The summed E-state index contributed by atoms with van der Waals surface area (Å²) in [5.41, 5.74) is 6.69. The Labute approximate surface area is 291 Å². The van der Waals surface area contributed by atoms with Gasteiger partial charge in [0.25, 0.3) is 0 Å². The van der Waals surface area contributed by atoms with E-state index in [0.717, 1.165) is 33.7 Å². The molecule has 0 aliphatic heterocycles. The average Bonchev–Trinajstić information content (AvgIpc) is 3.52. The van der Waals surface area contributed by atoms with Crippen LogP contribution in [0.3, 0.4) is 0 Å². The Balaban J connectivity index is 1.17. The Morgan fingerprint density at radius 3 is 1.90 bits per heavy atom. The van der Waals surface area contributed by atoms with Gasteiger partial charge in [-0.05, 0) is 98.7 Å². The standard InChI is InChI=1S/C46H27F3N2/c47-39-25-26-41(45(49)44(39)48)50(31-9-3-1-4-10-31)33-20-17-28(18-21-33)34-22-19-29-15-16-30-27-38-35-13-7-8-14-40(35)51(32-11-5-2-6-12-32)46(38)37-24-23-36(34)42(29)43(30)37/h1-27H. The minimum absolute atomic E-state index is 0.0742. The molecule has 0 atom stereocenters. The first-order valence-electron chi connectivity index (χ1n) is 16.8. The maximum Gasteiger partial charge on any atom is 0.196 e. The van der Waals surface area contributed by atoms with Gasteiger partial charge in [-0.1, -0.05) is 103 Å². The van der Waals surface area contributed by atoms with Gasteiger partial charge in [-0.2, -0.15) is 0 Å². The second-order valence-electron chi connectivity index (χ2n) is 12.9. The molecule has 1 heterocycles. The van der Waals surface area contributed by atoms with E-state index in [1.807, 2.05) is 60.7 Å². The van der Waals surface area contributed by atoms with E-state index in [1.165, 1.54) is 49.4 Å². The molecular formula is C46H27F3N2. The summed E-state index contributed by atoms with van der Waals surface area (Å²) in [6.45, 7) is 0. The van der Waals surface area contributed by atoms with Gasteiger partial charge in [-0.15, -0.1) is 0 Å². The van der Waals surface area contributed by atoms with Crippen molar-refractivity contribution in [2.75, 3.05) is 4.90 Å². The van der Waals surface area contributed by atoms with E-state index in [-0.39, 0.29) is 5.69 Å². The summed E-state index contributed by atoms with van der Waals surface area (Å²) in [4.78, 5) is 1.60. The first-order valence-corrected chi connectivity index (χ1v) is 16.8. The number of aromatic nitrogens is 1. The van der Waals surface area contributed by atoms with Crippen LogP contribution in [0.15, 0.2) is 164 Å². The van der Waals surface area contributed by atoms with Crippen molar-refractivity contribution in [3.05, 3.63) is 181 Å². The quantitative estimate of drug-likeness (QED) is 0.131. The molecule has 51 heavy (non-hydrogen) atoms. The Morgan fingerprint density at radius 1 is 0.451 bits per heavy atom. The van der Waals surface area contributed by atoms with Crippen molar-refractivity contribution in [3.63, 3.8) is 0 Å². The second kappa shape index (κ2) is 11.2. The van der Waals surface area contributed by atoms with Gasteiger partial charge in [0, 0.05) is 33.2 Å². The van der Waals surface area contributed by atoms with E-state index >= 15 is 4.39 Å². The van der Waals surface area contributed by atoms with Crippen LogP contribution in [0.25, 0.3) is 70.9 Å². The number of anilines is 3. The van der Waals surface area contributed by atoms with Crippen LogP contribution in [0, 0.1) is 17.5 Å². The number of para-hydroxylation sites is 3. The first kappa shape index (κ1) is 29.3. The largest absolute Gasteiger partial charge is 0.309 e. The molecule has 0 saturated heterocycles. The number of fused-ring (bicyclic) bond motifs is 4. The van der Waals surface area contributed by atoms with Crippen LogP contribution < -0.4 is 4.90 Å². The summed E-state index contributed by atoms with van der Waals surface area (Å²) in [5.74, 6) is -3.97. The van der Waals surface area contributed by atoms with E-state index < -0.39 is 17.5 Å². The maximum absolute atomic E-state index is 15.2. The predicted octanol–water partition coefficient (Wildman–Crippen LogP) is 13.2. The lowest BCUT2D eigenvalue weighted by atomic mass is 9.89. The Morgan fingerprint density at radius 2 is 1.10 bits per heavy atom. The molecular weight excluding hydrogens is 638 g/mol. The molecule has 0 bridgehead atoms. The first-order chi connectivity index (χ1) is 25.1. The third kappa shape index (κ3) is 4.38. The van der Waals surface area contributed by atoms with Crippen LogP contribution in [0.4, 0.5) is 30.2 Å². The van der Waals surface area contributed by atoms with E-state index in [2.05, 4.69) is 95.6 Å². The van der Waals surface area contributed by atoms with Crippen molar-refractivity contribution in [1.82, 2.24) is 4.57 Å². The molecule has 2 nitrogen and oxygen atoms in total. The van der Waals surface area contributed by atoms with Gasteiger partial charge in [0.15, 0.2) is 17.5 Å². The number of halogens is 3. The lowest BCUT2D eigenvalue weighted by molar-refractivity contribution is 0.448. The number of hydrogen-bond donors (Lipinski definition) is 0. The number of benzene rings is 9. The van der Waals surface area contributed by atoms with Crippen LogP contribution in [0.2, 0.25) is 0 Å². The molecule has 5 heteroatoms. The zero-order valence-corrected chi connectivity index (χ0v) is 27.1. The molecule has 0 N–H and O–H groups in total. The molecule has 0 spiro atoms. The summed E-state index contributed by atoms with van der Waals surface area (Å²) in [6.07, 6.45) is 0. The Bertz CT molecular complexity index is 2930. The van der Waals surface area contributed by atoms with Crippen LogP contribution in [-0.2, 0) is 0 Å². The zero-order chi connectivity index (χ0) is 34.2. The van der Waals surface area contributed by atoms with Gasteiger partial charge in [0.05, 0.1) is 16.7 Å². The predicted molar refractivity (Wildman–Crippen MR) is 204 cm³/mol. The van der Waals surface area contributed by atoms with Gasteiger partial charge in [-0.3, -0.25) is 0 Å². The summed E-state index contributed by atoms with van der Waals surface area (Å²) in [6, 6.07) is 53.8. The van der Waals surface area contributed by atoms with Crippen molar-refractivity contribution in [2.24, 2.45) is 0 Å². The average molecular weight is 665 g/mol. The number of hydrogen-bond acceptors (Lipinski definition) is 1. The van der Waals surface area contributed by atoms with Crippen LogP contribution in [0.1, 0.15) is 0 Å². The fourth-order valence-electron chi connectivity index (χ4n) is 7.90. The fourth-order valence-corrected chi connectivity index (χ4v) is 7.90. The van der Waals surface area contributed by atoms with E-state index in [0.29, 0.717) is 11.4 Å². The molecule has 0 fully saturated rings. The van der Waals surface area contributed by atoms with Crippen molar-refractivity contribution in [2.45, 2.75) is 0 Å². The highest BCUT2D eigenvalue weighted by Crippen LogP contribution is 2.45. The molecule has 0 radical (unpaired) electrons. The van der Waals surface area contributed by atoms with E-state index in [1.54, 1.807) is 4.90 Å². The van der Waals surface area contributed by atoms with E-state index in [4.69, 9.17) is 0 Å². The van der Waals surface area contributed by atoms with Gasteiger partial charge >= 0.3 is 0 Å². The lowest BCUT2D eigenvalue weighted by Gasteiger charge is -2.26. The molecule has 242 valence electrons. The topological polar surface area (TPSA) is 8.17 Å². The molecule has 10 rings (SSSR count). The lowest BCUT2D eigenvalue weighted by Crippen LogP contribution is -2.13. The van der Waals surface area contributed by atoms with Crippen LogP contribution in [-0.4, -0.2) is 4.57 Å². The zero-order valence-electron chi connectivity index (χ0n) is 27.1. The van der Waals surface area contributed by atoms with Crippen molar-refractivity contribution >= 4 is 71.2 Å². The Kier molecular flexibility index (Phi) is 6.46. The Hall–Kier alpha value is -6.59. The summed E-state index contributed by atoms with van der Waals surface area (Å²) in [5, 5.41) is 9.53. The van der Waals surface area contributed by atoms with E-state index in [9.17, 15) is 8.78 Å². The third-order valence-corrected chi connectivity index (χ3v) is 10.1. The molecule has 0 aliphatic rings. The van der Waals surface area contributed by atoms with Crippen LogP contribution >= 0.6 is 0 Å². The van der Waals surface area contributed by atoms with Gasteiger partial charge < -0.3 is 9.47 Å². The third-order valence-electron chi connectivity index (χ3n) is 10.1. The normalized spacial score (nSPS) is 11.8. The summed E-state index contributed by atoms with van der Waals surface area (Å²) >= 11 is 0. The summed E-state index contributed by atoms with van der Waals surface area (Å²) in [7, 11) is 0. The molecule has 10 aromatic rings. The number of rotatable bonds is 5. The minimum Gasteiger partial charge on any atom is -0.309 e. The molecule has 0 saturated carbocycles. The molecule has 0 aliphatic carbocycles. The van der Waals surface area contributed by atoms with Gasteiger partial charge in [-0.25, -0.2) is 13.2 Å². The minimum atomic E-state index is -1.50. The smallest absolute Gasteiger partial charge is 0.196 e. The molecule has 0 unspecified atom stereocenters. The molecule has 9 aromatic carbocycles. The highest BCUT2D eigenvalue weighted by molar-refractivity contribution is 6.32. The SMILES string of the molecule is Fc1ccc(N(c2ccccc2)c2ccc(-c3ccc4ccc5cc6c7ccccc7n(-c7ccccc7)c6c6ccc3c4c56)cc2)c(F)c1F. The fraction of sp³-hybridized carbons (Fsp3) is 0. The van der Waals surface area contributed by atoms with Crippen LogP contribution in [0.5, 0.6) is 0 Å². The molecule has 1 aromatic heterocycles. The number of nitrogens with zero attached hydrogens (tertiary/aromatic N) is 2.